The summed E-state index contributed by atoms with van der Waals surface area (Å²) in [5, 5.41) is 7.40. The highest BCUT2D eigenvalue weighted by atomic mass is 16.5. The second-order valence-corrected chi connectivity index (χ2v) is 4.31. The fraction of sp³-hybridized carbons (Fsp3) is 0.286. The van der Waals surface area contributed by atoms with Crippen LogP contribution in [0.4, 0.5) is 0 Å². The summed E-state index contributed by atoms with van der Waals surface area (Å²) >= 11 is 0. The van der Waals surface area contributed by atoms with Crippen molar-refractivity contribution in [3.8, 4) is 5.69 Å². The van der Waals surface area contributed by atoms with Crippen molar-refractivity contribution in [3.63, 3.8) is 0 Å². The molecule has 6 nitrogen and oxygen atoms in total. The Morgan fingerprint density at radius 3 is 2.80 bits per heavy atom. The van der Waals surface area contributed by atoms with E-state index in [4.69, 9.17) is 10.5 Å². The number of nitrogens with zero attached hydrogens (tertiary/aromatic N) is 2. The van der Waals surface area contributed by atoms with E-state index >= 15 is 0 Å². The van der Waals surface area contributed by atoms with E-state index < -0.39 is 5.91 Å². The zero-order chi connectivity index (χ0) is 14.2. The monoisotopic (exact) mass is 274 g/mol. The maximum atomic E-state index is 10.5. The van der Waals surface area contributed by atoms with Gasteiger partial charge in [0.2, 0.25) is 5.91 Å². The van der Waals surface area contributed by atoms with E-state index in [0.717, 1.165) is 12.2 Å². The molecule has 0 fully saturated rings. The van der Waals surface area contributed by atoms with E-state index in [9.17, 15) is 4.79 Å². The first-order chi connectivity index (χ1) is 9.75. The summed E-state index contributed by atoms with van der Waals surface area (Å²) in [6.07, 6.45) is 3.66. The molecule has 1 aromatic carbocycles. The molecule has 0 aliphatic rings. The minimum Gasteiger partial charge on any atom is -0.370 e. The number of benzene rings is 1. The second kappa shape index (κ2) is 7.42. The minimum absolute atomic E-state index is 0.0275. The summed E-state index contributed by atoms with van der Waals surface area (Å²) < 4.78 is 6.87. The SMILES string of the molecule is NC(=O)COCCNCc1ccc(-n2cccn2)cc1. The number of aromatic nitrogens is 2. The number of ether oxygens (including phenoxy) is 1. The number of carbonyl (C=O) groups is 1. The average Bonchev–Trinajstić information content (AvgIpc) is 2.97. The molecule has 3 N–H and O–H groups in total. The van der Waals surface area contributed by atoms with Gasteiger partial charge in [-0.15, -0.1) is 0 Å². The Hall–Kier alpha value is -2.18. The molecule has 0 aliphatic carbocycles. The highest BCUT2D eigenvalue weighted by molar-refractivity contribution is 5.74. The van der Waals surface area contributed by atoms with E-state index in [2.05, 4.69) is 10.4 Å². The summed E-state index contributed by atoms with van der Waals surface area (Å²) in [7, 11) is 0. The Morgan fingerprint density at radius 1 is 1.35 bits per heavy atom. The van der Waals surface area contributed by atoms with Crippen molar-refractivity contribution < 1.29 is 9.53 Å². The van der Waals surface area contributed by atoms with Gasteiger partial charge in [-0.25, -0.2) is 4.68 Å². The Labute approximate surface area is 117 Å². The second-order valence-electron chi connectivity index (χ2n) is 4.31. The number of amides is 1. The summed E-state index contributed by atoms with van der Waals surface area (Å²) in [5.41, 5.74) is 7.17. The molecule has 0 unspecified atom stereocenters. The molecule has 106 valence electrons. The van der Waals surface area contributed by atoms with Crippen molar-refractivity contribution in [1.82, 2.24) is 15.1 Å². The number of hydrogen-bond donors (Lipinski definition) is 2. The van der Waals surface area contributed by atoms with E-state index in [0.29, 0.717) is 13.2 Å². The van der Waals surface area contributed by atoms with Crippen LogP contribution in [0, 0.1) is 0 Å². The molecule has 0 radical (unpaired) electrons. The van der Waals surface area contributed by atoms with Gasteiger partial charge >= 0.3 is 0 Å². The summed E-state index contributed by atoms with van der Waals surface area (Å²) in [4.78, 5) is 10.5. The number of nitrogens with one attached hydrogen (secondary N) is 1. The molecule has 1 amide bonds. The third-order valence-electron chi connectivity index (χ3n) is 2.70. The van der Waals surface area contributed by atoms with Crippen molar-refractivity contribution in [2.24, 2.45) is 5.73 Å². The van der Waals surface area contributed by atoms with Gasteiger partial charge in [0, 0.05) is 25.5 Å². The van der Waals surface area contributed by atoms with Crippen LogP contribution in [-0.4, -0.2) is 35.4 Å². The summed E-state index contributed by atoms with van der Waals surface area (Å²) in [6, 6.07) is 10.0. The topological polar surface area (TPSA) is 82.2 Å². The highest BCUT2D eigenvalue weighted by Gasteiger charge is 1.97. The molecule has 6 heteroatoms. The van der Waals surface area contributed by atoms with Gasteiger partial charge in [-0.3, -0.25) is 4.79 Å². The molecule has 2 aromatic rings. The minimum atomic E-state index is -0.445. The van der Waals surface area contributed by atoms with Crippen LogP contribution >= 0.6 is 0 Å². The molecule has 0 saturated heterocycles. The quantitative estimate of drug-likeness (QED) is 0.685. The van der Waals surface area contributed by atoms with Crippen LogP contribution in [0.15, 0.2) is 42.7 Å². The number of rotatable bonds is 8. The first-order valence-corrected chi connectivity index (χ1v) is 6.41. The standard InChI is InChI=1S/C14H18N4O2/c15-14(19)11-20-9-7-16-10-12-2-4-13(5-3-12)18-8-1-6-17-18/h1-6,8,16H,7,9-11H2,(H2,15,19). The van der Waals surface area contributed by atoms with Gasteiger partial charge in [0.05, 0.1) is 12.3 Å². The predicted molar refractivity (Wildman–Crippen MR) is 75.3 cm³/mol. The normalized spacial score (nSPS) is 10.6. The van der Waals surface area contributed by atoms with Gasteiger partial charge < -0.3 is 15.8 Å². The molecule has 1 aromatic heterocycles. The van der Waals surface area contributed by atoms with Gasteiger partial charge in [0.15, 0.2) is 0 Å². The van der Waals surface area contributed by atoms with E-state index in [1.165, 1.54) is 5.56 Å². The van der Waals surface area contributed by atoms with Crippen LogP contribution in [-0.2, 0) is 16.1 Å². The number of carbonyl (C=O) groups excluding carboxylic acids is 1. The maximum Gasteiger partial charge on any atom is 0.243 e. The Morgan fingerprint density at radius 2 is 2.15 bits per heavy atom. The lowest BCUT2D eigenvalue weighted by atomic mass is 10.2. The zero-order valence-corrected chi connectivity index (χ0v) is 11.2. The van der Waals surface area contributed by atoms with Gasteiger partial charge in [-0.2, -0.15) is 5.10 Å². The Kier molecular flexibility index (Phi) is 5.28. The molecule has 0 spiro atoms. The lowest BCUT2D eigenvalue weighted by Gasteiger charge is -2.06. The highest BCUT2D eigenvalue weighted by Crippen LogP contribution is 2.08. The zero-order valence-electron chi connectivity index (χ0n) is 11.2. The lowest BCUT2D eigenvalue weighted by Crippen LogP contribution is -2.23. The van der Waals surface area contributed by atoms with Crippen LogP contribution in [0.2, 0.25) is 0 Å². The predicted octanol–water partition coefficient (Wildman–Crippen LogP) is 0.464. The van der Waals surface area contributed by atoms with Crippen LogP contribution < -0.4 is 11.1 Å². The molecule has 0 saturated carbocycles. The fourth-order valence-corrected chi connectivity index (χ4v) is 1.74. The molecule has 20 heavy (non-hydrogen) atoms. The van der Waals surface area contributed by atoms with E-state index in [1.807, 2.05) is 41.2 Å². The number of nitrogens with two attached hydrogens (primary N) is 1. The Bertz CT molecular complexity index is 523. The molecule has 0 atom stereocenters. The summed E-state index contributed by atoms with van der Waals surface area (Å²) in [5.74, 6) is -0.445. The third-order valence-corrected chi connectivity index (χ3v) is 2.70. The van der Waals surface area contributed by atoms with Crippen molar-refractivity contribution in [2.75, 3.05) is 19.8 Å². The average molecular weight is 274 g/mol. The van der Waals surface area contributed by atoms with E-state index in [1.54, 1.807) is 6.20 Å². The maximum absolute atomic E-state index is 10.5. The van der Waals surface area contributed by atoms with Crippen LogP contribution in [0.1, 0.15) is 5.56 Å². The van der Waals surface area contributed by atoms with Crippen LogP contribution in [0.3, 0.4) is 0 Å². The first-order valence-electron chi connectivity index (χ1n) is 6.41. The molecule has 0 bridgehead atoms. The molecule has 0 aliphatic heterocycles. The van der Waals surface area contributed by atoms with Crippen molar-refractivity contribution in [3.05, 3.63) is 48.3 Å². The fourth-order valence-electron chi connectivity index (χ4n) is 1.74. The number of hydrogen-bond acceptors (Lipinski definition) is 4. The van der Waals surface area contributed by atoms with Crippen LogP contribution in [0.5, 0.6) is 0 Å². The van der Waals surface area contributed by atoms with Crippen molar-refractivity contribution >= 4 is 5.91 Å². The van der Waals surface area contributed by atoms with Crippen LogP contribution in [0.25, 0.3) is 5.69 Å². The number of primary amides is 1. The van der Waals surface area contributed by atoms with Gasteiger partial charge in [0.25, 0.3) is 0 Å². The van der Waals surface area contributed by atoms with Gasteiger partial charge in [-0.1, -0.05) is 12.1 Å². The molecule has 1 heterocycles. The molecular formula is C14H18N4O2. The summed E-state index contributed by atoms with van der Waals surface area (Å²) in [6.45, 7) is 1.86. The molecular weight excluding hydrogens is 256 g/mol. The first kappa shape index (κ1) is 14.2. The van der Waals surface area contributed by atoms with E-state index in [-0.39, 0.29) is 6.61 Å². The van der Waals surface area contributed by atoms with Crippen molar-refractivity contribution in [1.29, 1.82) is 0 Å². The largest absolute Gasteiger partial charge is 0.370 e. The smallest absolute Gasteiger partial charge is 0.243 e. The van der Waals surface area contributed by atoms with Crippen molar-refractivity contribution in [2.45, 2.75) is 6.54 Å². The third kappa shape index (κ3) is 4.49. The van der Waals surface area contributed by atoms with Gasteiger partial charge in [0.1, 0.15) is 6.61 Å². The van der Waals surface area contributed by atoms with Gasteiger partial charge in [-0.05, 0) is 23.8 Å². The molecule has 2 rings (SSSR count). The Balaban J connectivity index is 1.70. The lowest BCUT2D eigenvalue weighted by molar-refractivity contribution is -0.122.